The molecule has 1 amide bonds. The monoisotopic (exact) mass is 454 g/mol. The highest BCUT2D eigenvalue weighted by Gasteiger charge is 2.16. The lowest BCUT2D eigenvalue weighted by molar-refractivity contribution is -0.123. The number of amides is 1. The van der Waals surface area contributed by atoms with Crippen molar-refractivity contribution in [1.29, 1.82) is 0 Å². The summed E-state index contributed by atoms with van der Waals surface area (Å²) in [7, 11) is -2.01. The number of sulfonamides is 1. The Morgan fingerprint density at radius 2 is 1.83 bits per heavy atom. The molecule has 164 valence electrons. The van der Waals surface area contributed by atoms with Gasteiger partial charge in [0.15, 0.2) is 6.61 Å². The zero-order chi connectivity index (χ0) is 22.0. The van der Waals surface area contributed by atoms with Gasteiger partial charge in [0.25, 0.3) is 5.91 Å². The van der Waals surface area contributed by atoms with Crippen LogP contribution in [0.25, 0.3) is 0 Å². The molecular formula is C21H27ClN2O5S. The minimum Gasteiger partial charge on any atom is -0.497 e. The highest BCUT2D eigenvalue weighted by atomic mass is 35.5. The van der Waals surface area contributed by atoms with Gasteiger partial charge in [-0.1, -0.05) is 37.1 Å². The van der Waals surface area contributed by atoms with Crippen LogP contribution in [-0.4, -0.2) is 41.1 Å². The molecule has 0 aliphatic carbocycles. The van der Waals surface area contributed by atoms with Crippen LogP contribution in [0.2, 0.25) is 5.02 Å². The van der Waals surface area contributed by atoms with Gasteiger partial charge in [0, 0.05) is 13.1 Å². The molecule has 30 heavy (non-hydrogen) atoms. The van der Waals surface area contributed by atoms with Crippen LogP contribution in [0.5, 0.6) is 11.5 Å². The average Bonchev–Trinajstić information content (AvgIpc) is 2.73. The number of carbonyl (C=O) groups excluding carboxylic acids is 1. The molecule has 0 aliphatic rings. The third kappa shape index (κ3) is 7.51. The van der Waals surface area contributed by atoms with Crippen LogP contribution >= 0.6 is 11.6 Å². The maximum absolute atomic E-state index is 12.2. The van der Waals surface area contributed by atoms with Gasteiger partial charge in [-0.2, -0.15) is 0 Å². The third-order valence-electron chi connectivity index (χ3n) is 4.29. The van der Waals surface area contributed by atoms with Crippen LogP contribution in [0.3, 0.4) is 0 Å². The SMILES string of the molecule is CCCCNS(=O)(=O)c1ccc(OCC(=O)NCCc2ccc(OC)cc2)c(Cl)c1. The first kappa shape index (κ1) is 24.0. The summed E-state index contributed by atoms with van der Waals surface area (Å²) >= 11 is 6.13. The molecule has 0 heterocycles. The Hall–Kier alpha value is -2.29. The Kier molecular flexibility index (Phi) is 9.42. The summed E-state index contributed by atoms with van der Waals surface area (Å²) < 4.78 is 37.5. The number of unbranched alkanes of at least 4 members (excludes halogenated alkanes) is 1. The quantitative estimate of drug-likeness (QED) is 0.480. The molecule has 0 saturated carbocycles. The molecule has 0 fully saturated rings. The molecule has 0 aromatic heterocycles. The van der Waals surface area contributed by atoms with Crippen molar-refractivity contribution in [3.8, 4) is 11.5 Å². The fourth-order valence-corrected chi connectivity index (χ4v) is 3.96. The van der Waals surface area contributed by atoms with Crippen LogP contribution in [-0.2, 0) is 21.2 Å². The van der Waals surface area contributed by atoms with Crippen molar-refractivity contribution in [2.45, 2.75) is 31.1 Å². The van der Waals surface area contributed by atoms with Crippen molar-refractivity contribution >= 4 is 27.5 Å². The van der Waals surface area contributed by atoms with E-state index in [0.29, 0.717) is 19.5 Å². The molecule has 7 nitrogen and oxygen atoms in total. The summed E-state index contributed by atoms with van der Waals surface area (Å²) in [6.45, 7) is 2.59. The molecule has 9 heteroatoms. The first-order chi connectivity index (χ1) is 14.4. The maximum atomic E-state index is 12.2. The van der Waals surface area contributed by atoms with E-state index in [9.17, 15) is 13.2 Å². The van der Waals surface area contributed by atoms with Crippen molar-refractivity contribution in [3.05, 3.63) is 53.1 Å². The lowest BCUT2D eigenvalue weighted by Gasteiger charge is -2.11. The second-order valence-corrected chi connectivity index (χ2v) is 8.75. The third-order valence-corrected chi connectivity index (χ3v) is 6.04. The van der Waals surface area contributed by atoms with E-state index in [-0.39, 0.29) is 28.2 Å². The van der Waals surface area contributed by atoms with Crippen LogP contribution < -0.4 is 19.5 Å². The van der Waals surface area contributed by atoms with Gasteiger partial charge < -0.3 is 14.8 Å². The molecule has 0 atom stereocenters. The van der Waals surface area contributed by atoms with Gasteiger partial charge in [-0.15, -0.1) is 0 Å². The molecule has 2 aromatic rings. The minimum atomic E-state index is -3.62. The predicted octanol–water partition coefficient (Wildman–Crippen LogP) is 3.16. The van der Waals surface area contributed by atoms with Crippen LogP contribution in [0.4, 0.5) is 0 Å². The van der Waals surface area contributed by atoms with Crippen molar-refractivity contribution in [1.82, 2.24) is 10.0 Å². The topological polar surface area (TPSA) is 93.7 Å². The summed E-state index contributed by atoms with van der Waals surface area (Å²) in [5, 5.41) is 2.89. The highest BCUT2D eigenvalue weighted by molar-refractivity contribution is 7.89. The zero-order valence-electron chi connectivity index (χ0n) is 17.1. The van der Waals surface area contributed by atoms with E-state index in [1.807, 2.05) is 31.2 Å². The Morgan fingerprint density at radius 3 is 2.47 bits per heavy atom. The van der Waals surface area contributed by atoms with E-state index in [2.05, 4.69) is 10.0 Å². The number of carbonyl (C=O) groups is 1. The van der Waals surface area contributed by atoms with Gasteiger partial charge >= 0.3 is 0 Å². The number of rotatable bonds is 12. The molecule has 0 bridgehead atoms. The van der Waals surface area contributed by atoms with E-state index in [1.54, 1.807) is 7.11 Å². The number of methoxy groups -OCH3 is 1. The van der Waals surface area contributed by atoms with Crippen molar-refractivity contribution < 1.29 is 22.7 Å². The molecule has 0 unspecified atom stereocenters. The Morgan fingerprint density at radius 1 is 1.10 bits per heavy atom. The Bertz CT molecular complexity index is 933. The number of ether oxygens (including phenoxy) is 2. The number of hydrogen-bond donors (Lipinski definition) is 2. The molecule has 2 N–H and O–H groups in total. The molecule has 0 spiro atoms. The van der Waals surface area contributed by atoms with E-state index in [0.717, 1.165) is 24.2 Å². The zero-order valence-corrected chi connectivity index (χ0v) is 18.7. The number of benzene rings is 2. The van der Waals surface area contributed by atoms with E-state index < -0.39 is 10.0 Å². The van der Waals surface area contributed by atoms with Crippen molar-refractivity contribution in [2.24, 2.45) is 0 Å². The number of halogens is 1. The fraction of sp³-hybridized carbons (Fsp3) is 0.381. The second kappa shape index (κ2) is 11.8. The molecule has 0 saturated heterocycles. The number of hydrogen-bond acceptors (Lipinski definition) is 5. The minimum absolute atomic E-state index is 0.0555. The first-order valence-corrected chi connectivity index (χ1v) is 11.5. The van der Waals surface area contributed by atoms with E-state index in [4.69, 9.17) is 21.1 Å². The van der Waals surface area contributed by atoms with Gasteiger partial charge in [0.2, 0.25) is 10.0 Å². The lowest BCUT2D eigenvalue weighted by atomic mass is 10.1. The Labute approximate surface area is 182 Å². The highest BCUT2D eigenvalue weighted by Crippen LogP contribution is 2.27. The first-order valence-electron chi connectivity index (χ1n) is 9.67. The van der Waals surface area contributed by atoms with Gasteiger partial charge in [0.1, 0.15) is 11.5 Å². The molecule has 0 aliphatic heterocycles. The largest absolute Gasteiger partial charge is 0.497 e. The molecule has 2 aromatic carbocycles. The van der Waals surface area contributed by atoms with Crippen molar-refractivity contribution in [2.75, 3.05) is 26.8 Å². The summed E-state index contributed by atoms with van der Waals surface area (Å²) in [6.07, 6.45) is 2.31. The van der Waals surface area contributed by atoms with Crippen molar-refractivity contribution in [3.63, 3.8) is 0 Å². The molecular weight excluding hydrogens is 428 g/mol. The summed E-state index contributed by atoms with van der Waals surface area (Å²) in [6, 6.07) is 11.8. The van der Waals surface area contributed by atoms with Gasteiger partial charge in [-0.05, 0) is 48.7 Å². The van der Waals surface area contributed by atoms with Crippen LogP contribution in [0, 0.1) is 0 Å². The standard InChI is InChI=1S/C21H27ClN2O5S/c1-3-4-12-24-30(26,27)18-9-10-20(19(22)14-18)29-15-21(25)23-13-11-16-5-7-17(28-2)8-6-16/h5-10,14,24H,3-4,11-13,15H2,1-2H3,(H,23,25). The summed E-state index contributed by atoms with van der Waals surface area (Å²) in [5.41, 5.74) is 1.07. The smallest absolute Gasteiger partial charge is 0.257 e. The lowest BCUT2D eigenvalue weighted by Crippen LogP contribution is -2.30. The van der Waals surface area contributed by atoms with Crippen LogP contribution in [0.15, 0.2) is 47.4 Å². The molecule has 2 rings (SSSR count). The number of nitrogens with one attached hydrogen (secondary N) is 2. The van der Waals surface area contributed by atoms with Gasteiger partial charge in [0.05, 0.1) is 17.0 Å². The Balaban J connectivity index is 1.81. The van der Waals surface area contributed by atoms with Crippen LogP contribution in [0.1, 0.15) is 25.3 Å². The van der Waals surface area contributed by atoms with E-state index in [1.165, 1.54) is 18.2 Å². The van der Waals surface area contributed by atoms with Gasteiger partial charge in [-0.25, -0.2) is 13.1 Å². The van der Waals surface area contributed by atoms with E-state index >= 15 is 0 Å². The molecule has 0 radical (unpaired) electrons. The second-order valence-electron chi connectivity index (χ2n) is 6.58. The predicted molar refractivity (Wildman–Crippen MR) is 117 cm³/mol. The fourth-order valence-electron chi connectivity index (χ4n) is 2.57. The summed E-state index contributed by atoms with van der Waals surface area (Å²) in [4.78, 5) is 12.0. The van der Waals surface area contributed by atoms with Gasteiger partial charge in [-0.3, -0.25) is 4.79 Å². The summed E-state index contributed by atoms with van der Waals surface area (Å²) in [5.74, 6) is 0.732. The normalized spacial score (nSPS) is 11.2. The average molecular weight is 455 g/mol. The maximum Gasteiger partial charge on any atom is 0.257 e.